The molecule has 0 saturated carbocycles. The molecule has 0 aromatic rings. The van der Waals surface area contributed by atoms with Crippen LogP contribution in [0.3, 0.4) is 0 Å². The van der Waals surface area contributed by atoms with Crippen LogP contribution in [0.2, 0.25) is 0 Å². The number of carbonyl (C=O) groups is 2. The second-order valence-electron chi connectivity index (χ2n) is 9.11. The molecule has 0 radical (unpaired) electrons. The van der Waals surface area contributed by atoms with E-state index in [0.29, 0.717) is 0 Å². The lowest BCUT2D eigenvalue weighted by molar-refractivity contribution is -0.338. The van der Waals surface area contributed by atoms with Gasteiger partial charge in [-0.3, -0.25) is 4.79 Å². The van der Waals surface area contributed by atoms with Gasteiger partial charge < -0.3 is 60.0 Å². The number of carboxylic acids is 1. The molecule has 1 amide bonds. The third-order valence-electron chi connectivity index (χ3n) is 6.31. The van der Waals surface area contributed by atoms with Gasteiger partial charge in [-0.05, 0) is 18.4 Å². The SMILES string of the molecule is CC[C@@H](O)[C@@H](O)C1O[C@@](OCC2O[C@@H](OCCCN=[N+]=[N-])C(O)[C@@H](O)[C@H]2O)(C(=O)O)C[C@@H](O)[C@H]1NC(C)=O. The topological polar surface area (TPSA) is 273 Å². The first kappa shape index (κ1) is 32.1. The van der Waals surface area contributed by atoms with Gasteiger partial charge in [0.1, 0.15) is 36.6 Å². The van der Waals surface area contributed by atoms with Crippen LogP contribution in [-0.4, -0.2) is 134 Å². The van der Waals surface area contributed by atoms with E-state index in [9.17, 15) is 45.3 Å². The van der Waals surface area contributed by atoms with Crippen LogP contribution in [0.5, 0.6) is 0 Å². The van der Waals surface area contributed by atoms with Crippen LogP contribution in [0.25, 0.3) is 10.4 Å². The fourth-order valence-electron chi connectivity index (χ4n) is 4.20. The first-order valence-electron chi connectivity index (χ1n) is 12.1. The lowest BCUT2D eigenvalue weighted by atomic mass is 9.88. The van der Waals surface area contributed by atoms with Crippen molar-refractivity contribution >= 4 is 11.9 Å². The van der Waals surface area contributed by atoms with Crippen LogP contribution in [0.4, 0.5) is 0 Å². The molecule has 2 aliphatic rings. The molecule has 0 spiro atoms. The van der Waals surface area contributed by atoms with Gasteiger partial charge in [-0.15, -0.1) is 0 Å². The standard InChI is InChI=1S/C21H36N4O13/c1-3-10(27)14(29)18-13(24-9(2)26)11(28)7-21(38-18,20(33)34)36-8-12-15(30)16(31)17(32)19(37-12)35-6-4-5-23-25-22/h10-19,27-32H,3-8H2,1-2H3,(H,24,26)(H,33,34)/t10-,11-,12?,13-,14-,15+,16+,17?,18?,19-,21-/m1/s1. The van der Waals surface area contributed by atoms with Crippen LogP contribution in [0.1, 0.15) is 33.1 Å². The Hall–Kier alpha value is -2.15. The molecule has 2 aliphatic heterocycles. The molecule has 3 unspecified atom stereocenters. The highest BCUT2D eigenvalue weighted by Crippen LogP contribution is 2.35. The molecule has 38 heavy (non-hydrogen) atoms. The summed E-state index contributed by atoms with van der Waals surface area (Å²) in [6.45, 7) is 1.98. The number of ether oxygens (including phenoxy) is 4. The van der Waals surface area contributed by atoms with Crippen molar-refractivity contribution in [2.24, 2.45) is 5.11 Å². The predicted molar refractivity (Wildman–Crippen MR) is 123 cm³/mol. The number of hydrogen-bond acceptors (Lipinski definition) is 13. The highest BCUT2D eigenvalue weighted by atomic mass is 16.7. The summed E-state index contributed by atoms with van der Waals surface area (Å²) >= 11 is 0. The molecule has 218 valence electrons. The van der Waals surface area contributed by atoms with E-state index in [0.717, 1.165) is 6.92 Å². The van der Waals surface area contributed by atoms with Crippen molar-refractivity contribution in [3.8, 4) is 0 Å². The fraction of sp³-hybridized carbons (Fsp3) is 0.905. The maximum Gasteiger partial charge on any atom is 0.364 e. The van der Waals surface area contributed by atoms with Gasteiger partial charge in [0.25, 0.3) is 5.79 Å². The number of carbonyl (C=O) groups excluding carboxylic acids is 1. The number of hydrogen-bond donors (Lipinski definition) is 8. The van der Waals surface area contributed by atoms with E-state index in [-0.39, 0.29) is 26.0 Å². The van der Waals surface area contributed by atoms with Gasteiger partial charge in [0.2, 0.25) is 5.91 Å². The van der Waals surface area contributed by atoms with Crippen molar-refractivity contribution in [1.29, 1.82) is 0 Å². The summed E-state index contributed by atoms with van der Waals surface area (Å²) in [4.78, 5) is 26.5. The average molecular weight is 553 g/mol. The van der Waals surface area contributed by atoms with Crippen LogP contribution in [0, 0.1) is 0 Å². The minimum atomic E-state index is -2.62. The molecule has 8 N–H and O–H groups in total. The Kier molecular flexibility index (Phi) is 12.1. The van der Waals surface area contributed by atoms with Gasteiger partial charge in [0.15, 0.2) is 6.29 Å². The lowest BCUT2D eigenvalue weighted by Gasteiger charge is -2.47. The number of nitrogens with zero attached hydrogens (tertiary/aromatic N) is 3. The molecular formula is C21H36N4O13. The Morgan fingerprint density at radius 2 is 1.89 bits per heavy atom. The largest absolute Gasteiger partial charge is 0.477 e. The first-order chi connectivity index (χ1) is 17.9. The minimum Gasteiger partial charge on any atom is -0.477 e. The van der Waals surface area contributed by atoms with Gasteiger partial charge in [0.05, 0.1) is 24.9 Å². The maximum atomic E-state index is 12.3. The predicted octanol–water partition coefficient (Wildman–Crippen LogP) is -2.91. The van der Waals surface area contributed by atoms with Gasteiger partial charge in [-0.2, -0.15) is 0 Å². The smallest absolute Gasteiger partial charge is 0.364 e. The van der Waals surface area contributed by atoms with E-state index in [1.807, 2.05) is 0 Å². The zero-order chi connectivity index (χ0) is 28.6. The zero-order valence-corrected chi connectivity index (χ0v) is 20.9. The van der Waals surface area contributed by atoms with E-state index < -0.39 is 91.9 Å². The fourth-order valence-corrected chi connectivity index (χ4v) is 4.20. The second kappa shape index (κ2) is 14.3. The summed E-state index contributed by atoms with van der Waals surface area (Å²) in [5, 5.41) is 77.9. The maximum absolute atomic E-state index is 12.3. The molecule has 2 saturated heterocycles. The van der Waals surface area contributed by atoms with Gasteiger partial charge >= 0.3 is 5.97 Å². The average Bonchev–Trinajstić information content (AvgIpc) is 2.87. The number of aliphatic carboxylic acids is 1. The summed E-state index contributed by atoms with van der Waals surface area (Å²) in [7, 11) is 0. The minimum absolute atomic E-state index is 0.0391. The van der Waals surface area contributed by atoms with Gasteiger partial charge in [-0.25, -0.2) is 4.79 Å². The molecule has 11 atom stereocenters. The molecule has 0 aliphatic carbocycles. The van der Waals surface area contributed by atoms with Gasteiger partial charge in [-0.1, -0.05) is 12.0 Å². The van der Waals surface area contributed by atoms with Crippen molar-refractivity contribution in [3.05, 3.63) is 10.4 Å². The Morgan fingerprint density at radius 1 is 1.21 bits per heavy atom. The third-order valence-corrected chi connectivity index (χ3v) is 6.31. The van der Waals surface area contributed by atoms with Crippen LogP contribution in [-0.2, 0) is 28.5 Å². The molecule has 17 nitrogen and oxygen atoms in total. The monoisotopic (exact) mass is 552 g/mol. The van der Waals surface area contributed by atoms with Crippen LogP contribution >= 0.6 is 0 Å². The van der Waals surface area contributed by atoms with E-state index >= 15 is 0 Å². The number of amides is 1. The molecular weight excluding hydrogens is 516 g/mol. The number of nitrogens with one attached hydrogen (secondary N) is 1. The van der Waals surface area contributed by atoms with Crippen molar-refractivity contribution in [3.63, 3.8) is 0 Å². The molecule has 2 heterocycles. The first-order valence-corrected chi connectivity index (χ1v) is 12.1. The Bertz CT molecular complexity index is 846. The molecule has 0 aromatic heterocycles. The third kappa shape index (κ3) is 7.71. The van der Waals surface area contributed by atoms with Crippen LogP contribution < -0.4 is 5.32 Å². The molecule has 2 fully saturated rings. The van der Waals surface area contributed by atoms with Crippen molar-refractivity contribution in [2.45, 2.75) is 100 Å². The van der Waals surface area contributed by atoms with Crippen molar-refractivity contribution in [2.75, 3.05) is 19.8 Å². The van der Waals surface area contributed by atoms with Gasteiger partial charge in [0, 0.05) is 31.4 Å². The molecule has 2 rings (SSSR count). The normalized spacial score (nSPS) is 37.1. The summed E-state index contributed by atoms with van der Waals surface area (Å²) in [5.74, 6) is -4.96. The Morgan fingerprint density at radius 3 is 2.47 bits per heavy atom. The van der Waals surface area contributed by atoms with Crippen LogP contribution in [0.15, 0.2) is 5.11 Å². The number of azide groups is 1. The number of aliphatic hydroxyl groups excluding tert-OH is 6. The van der Waals surface area contributed by atoms with E-state index in [1.165, 1.54) is 6.92 Å². The molecule has 17 heteroatoms. The van der Waals surface area contributed by atoms with E-state index in [1.54, 1.807) is 0 Å². The second-order valence-corrected chi connectivity index (χ2v) is 9.11. The van der Waals surface area contributed by atoms with Crippen molar-refractivity contribution in [1.82, 2.24) is 5.32 Å². The highest BCUT2D eigenvalue weighted by molar-refractivity contribution is 5.76. The zero-order valence-electron chi connectivity index (χ0n) is 20.9. The summed E-state index contributed by atoms with van der Waals surface area (Å²) in [6.07, 6.45) is -14.9. The Balaban J connectivity index is 2.21. The quantitative estimate of drug-likeness (QED) is 0.0493. The highest BCUT2D eigenvalue weighted by Gasteiger charge is 2.56. The Labute approximate surface area is 217 Å². The summed E-state index contributed by atoms with van der Waals surface area (Å²) < 4.78 is 21.9. The lowest BCUT2D eigenvalue weighted by Crippen LogP contribution is -2.68. The molecule has 0 aromatic carbocycles. The van der Waals surface area contributed by atoms with E-state index in [4.69, 9.17) is 24.5 Å². The number of aliphatic hydroxyl groups is 6. The van der Waals surface area contributed by atoms with Crippen molar-refractivity contribution < 1.29 is 64.3 Å². The molecule has 0 bridgehead atoms. The summed E-state index contributed by atoms with van der Waals surface area (Å²) in [6, 6.07) is -1.29. The van der Waals surface area contributed by atoms with E-state index in [2.05, 4.69) is 15.3 Å². The number of carboxylic acid groups (broad SMARTS) is 1. The summed E-state index contributed by atoms with van der Waals surface area (Å²) in [5.41, 5.74) is 8.30. The number of rotatable bonds is 13.